The molecule has 2 N–H and O–H groups in total. The van der Waals surface area contributed by atoms with Crippen LogP contribution in [0.5, 0.6) is 0 Å². The maximum atomic E-state index is 13.4. The van der Waals surface area contributed by atoms with Crippen LogP contribution in [-0.4, -0.2) is 36.0 Å². The summed E-state index contributed by atoms with van der Waals surface area (Å²) in [6.07, 6.45) is 1.39. The van der Waals surface area contributed by atoms with Crippen LogP contribution in [0.3, 0.4) is 0 Å². The summed E-state index contributed by atoms with van der Waals surface area (Å²) in [7, 11) is 0. The van der Waals surface area contributed by atoms with Crippen molar-refractivity contribution in [3.8, 4) is 0 Å². The number of aromatic amines is 1. The van der Waals surface area contributed by atoms with Crippen molar-refractivity contribution < 1.29 is 18.8 Å². The Morgan fingerprint density at radius 2 is 2.11 bits per heavy atom. The molecule has 1 aliphatic rings. The molecule has 0 saturated heterocycles. The molecule has 0 aliphatic carbocycles. The predicted octanol–water partition coefficient (Wildman–Crippen LogP) is 2.74. The number of aliphatic imine (C=N–C) groups is 1. The molecule has 6 nitrogen and oxygen atoms in total. The minimum Gasteiger partial charge on any atom is -0.462 e. The Hall–Kier alpha value is -3.19. The molecule has 0 radical (unpaired) electrons. The normalized spacial score (nSPS) is 16.6. The molecule has 3 aromatic rings. The summed E-state index contributed by atoms with van der Waals surface area (Å²) in [4.78, 5) is 25.1. The molecule has 0 unspecified atom stereocenters. The van der Waals surface area contributed by atoms with Crippen molar-refractivity contribution in [2.45, 2.75) is 12.5 Å². The van der Waals surface area contributed by atoms with Crippen molar-refractivity contribution in [2.24, 2.45) is 4.99 Å². The van der Waals surface area contributed by atoms with Crippen LogP contribution in [-0.2, 0) is 20.8 Å². The first-order valence-electron chi connectivity index (χ1n) is 8.62. The predicted molar refractivity (Wildman–Crippen MR) is 98.8 cm³/mol. The Labute approximate surface area is 155 Å². The van der Waals surface area contributed by atoms with Gasteiger partial charge in [-0.2, -0.15) is 0 Å². The minimum absolute atomic E-state index is 0.0577. The van der Waals surface area contributed by atoms with Gasteiger partial charge in [0.2, 0.25) is 0 Å². The van der Waals surface area contributed by atoms with Crippen LogP contribution in [0.2, 0.25) is 0 Å². The molecule has 0 saturated carbocycles. The number of nitrogens with one attached hydrogen (secondary N) is 2. The van der Waals surface area contributed by atoms with E-state index in [1.807, 2.05) is 30.3 Å². The summed E-state index contributed by atoms with van der Waals surface area (Å²) in [5.74, 6) is -0.0916. The van der Waals surface area contributed by atoms with Crippen LogP contribution in [0.4, 0.5) is 4.39 Å². The van der Waals surface area contributed by atoms with Gasteiger partial charge < -0.3 is 9.72 Å². The molecule has 138 valence electrons. The van der Waals surface area contributed by atoms with Gasteiger partial charge in [0, 0.05) is 22.7 Å². The number of H-pyrrole nitrogens is 1. The lowest BCUT2D eigenvalue weighted by Gasteiger charge is -2.22. The fraction of sp³-hybridized carbons (Fsp3) is 0.200. The summed E-state index contributed by atoms with van der Waals surface area (Å²) in [5, 5.41) is 0.680. The zero-order valence-electron chi connectivity index (χ0n) is 14.4. The summed E-state index contributed by atoms with van der Waals surface area (Å²) < 4.78 is 18.7. The second-order valence-corrected chi connectivity index (χ2v) is 6.26. The molecule has 1 aliphatic heterocycles. The molecular formula is C20H18FN3O3. The molecule has 1 aromatic heterocycles. The number of hydrogen-bond donors (Lipinski definition) is 2. The van der Waals surface area contributed by atoms with Gasteiger partial charge in [0.05, 0.1) is 13.0 Å². The zero-order valence-corrected chi connectivity index (χ0v) is 14.4. The van der Waals surface area contributed by atoms with Gasteiger partial charge in [-0.1, -0.05) is 30.3 Å². The smallest absolute Gasteiger partial charge is 0.310 e. The number of hydrogen-bond acceptors (Lipinski definition) is 5. The second-order valence-electron chi connectivity index (χ2n) is 6.26. The Morgan fingerprint density at radius 1 is 1.26 bits per heavy atom. The largest absolute Gasteiger partial charge is 0.462 e. The third-order valence-corrected chi connectivity index (χ3v) is 4.32. The van der Waals surface area contributed by atoms with Gasteiger partial charge >= 0.3 is 5.97 Å². The van der Waals surface area contributed by atoms with E-state index in [1.54, 1.807) is 12.3 Å². The Bertz CT molecular complexity index is 985. The monoisotopic (exact) mass is 367 g/mol. The van der Waals surface area contributed by atoms with Gasteiger partial charge in [0.1, 0.15) is 18.5 Å². The number of nitrogens with zero attached hydrogens (tertiary/aromatic N) is 1. The first-order valence-corrected chi connectivity index (χ1v) is 8.62. The van der Waals surface area contributed by atoms with E-state index in [1.165, 1.54) is 12.1 Å². The molecule has 4 rings (SSSR count). The molecule has 0 fully saturated rings. The summed E-state index contributed by atoms with van der Waals surface area (Å²) in [6.45, 7) is 0.483. The van der Waals surface area contributed by atoms with Crippen LogP contribution >= 0.6 is 0 Å². The third-order valence-electron chi connectivity index (χ3n) is 4.32. The van der Waals surface area contributed by atoms with Gasteiger partial charge in [0.25, 0.3) is 0 Å². The van der Waals surface area contributed by atoms with Crippen LogP contribution in [0.1, 0.15) is 11.1 Å². The lowest BCUT2D eigenvalue weighted by Crippen LogP contribution is -2.40. The Kier molecular flexibility index (Phi) is 4.84. The maximum absolute atomic E-state index is 13.4. The lowest BCUT2D eigenvalue weighted by atomic mass is 10.1. The number of carbonyl (C=O) groups excluding carboxylic acids is 1. The minimum atomic E-state index is -0.401. The number of hydroxylamine groups is 1. The molecule has 1 atom stereocenters. The van der Waals surface area contributed by atoms with E-state index in [0.717, 1.165) is 11.1 Å². The lowest BCUT2D eigenvalue weighted by molar-refractivity contribution is -0.148. The highest BCUT2D eigenvalue weighted by atomic mass is 19.1. The molecule has 2 aromatic carbocycles. The number of ether oxygens (including phenoxy) is 1. The Balaban J connectivity index is 1.31. The molecule has 27 heavy (non-hydrogen) atoms. The summed E-state index contributed by atoms with van der Waals surface area (Å²) in [6, 6.07) is 14.1. The number of fused-ring (bicyclic) bond motifs is 1. The van der Waals surface area contributed by atoms with Crippen molar-refractivity contribution in [3.05, 3.63) is 71.7 Å². The average Bonchev–Trinajstić information content (AvgIpc) is 3.09. The van der Waals surface area contributed by atoms with Gasteiger partial charge in [-0.15, -0.1) is 0 Å². The molecule has 0 amide bonds. The zero-order chi connectivity index (χ0) is 18.6. The second kappa shape index (κ2) is 7.59. The number of amidine groups is 1. The molecular weight excluding hydrogens is 349 g/mol. The Morgan fingerprint density at radius 3 is 2.89 bits per heavy atom. The van der Waals surface area contributed by atoms with E-state index in [2.05, 4.69) is 15.5 Å². The van der Waals surface area contributed by atoms with Crippen molar-refractivity contribution >= 4 is 22.7 Å². The number of carbonyl (C=O) groups is 1. The third kappa shape index (κ3) is 3.98. The first kappa shape index (κ1) is 17.2. The van der Waals surface area contributed by atoms with Crippen LogP contribution in [0.25, 0.3) is 10.9 Å². The number of esters is 1. The van der Waals surface area contributed by atoms with Crippen molar-refractivity contribution in [3.63, 3.8) is 0 Å². The first-order chi connectivity index (χ1) is 13.2. The standard InChI is InChI=1S/C20H18FN3O3/c21-15-6-7-18-17(9-15)14(10-22-18)8-19(25)26-12-16-11-23-20(24-27-16)13-4-2-1-3-5-13/h1-7,9-10,16,22H,8,11-12H2,(H,23,24)/t16-/m0/s1. The SMILES string of the molecule is O=C(Cc1c[nH]c2ccc(F)cc12)OC[C@@H]1CN=C(c2ccccc2)NO1. The topological polar surface area (TPSA) is 75.7 Å². The van der Waals surface area contributed by atoms with Gasteiger partial charge in [-0.3, -0.25) is 14.6 Å². The van der Waals surface area contributed by atoms with E-state index in [0.29, 0.717) is 23.3 Å². The van der Waals surface area contributed by atoms with Crippen LogP contribution < -0.4 is 5.48 Å². The number of aromatic nitrogens is 1. The number of benzene rings is 2. The van der Waals surface area contributed by atoms with Crippen LogP contribution in [0, 0.1) is 5.82 Å². The maximum Gasteiger partial charge on any atom is 0.310 e. The molecule has 7 heteroatoms. The quantitative estimate of drug-likeness (QED) is 0.680. The van der Waals surface area contributed by atoms with Crippen molar-refractivity contribution in [2.75, 3.05) is 13.2 Å². The fourth-order valence-corrected chi connectivity index (χ4v) is 2.92. The van der Waals surface area contributed by atoms with E-state index >= 15 is 0 Å². The van der Waals surface area contributed by atoms with E-state index in [-0.39, 0.29) is 24.9 Å². The summed E-state index contributed by atoms with van der Waals surface area (Å²) >= 11 is 0. The van der Waals surface area contributed by atoms with Gasteiger partial charge in [-0.05, 0) is 23.8 Å². The van der Waals surface area contributed by atoms with Crippen molar-refractivity contribution in [1.29, 1.82) is 0 Å². The highest BCUT2D eigenvalue weighted by Crippen LogP contribution is 2.20. The van der Waals surface area contributed by atoms with E-state index < -0.39 is 5.97 Å². The van der Waals surface area contributed by atoms with E-state index in [9.17, 15) is 9.18 Å². The number of halogens is 1. The highest BCUT2D eigenvalue weighted by molar-refractivity contribution is 5.98. The average molecular weight is 367 g/mol. The fourth-order valence-electron chi connectivity index (χ4n) is 2.92. The van der Waals surface area contributed by atoms with Gasteiger partial charge in [-0.25, -0.2) is 9.87 Å². The molecule has 0 bridgehead atoms. The number of rotatable bonds is 5. The highest BCUT2D eigenvalue weighted by Gasteiger charge is 2.19. The molecule has 0 spiro atoms. The summed E-state index contributed by atoms with van der Waals surface area (Å²) in [5.41, 5.74) is 5.20. The van der Waals surface area contributed by atoms with Crippen molar-refractivity contribution in [1.82, 2.24) is 10.5 Å². The van der Waals surface area contributed by atoms with Gasteiger partial charge in [0.15, 0.2) is 5.84 Å². The molecule has 2 heterocycles. The van der Waals surface area contributed by atoms with Crippen LogP contribution in [0.15, 0.2) is 59.7 Å². The van der Waals surface area contributed by atoms with E-state index in [4.69, 9.17) is 9.57 Å².